The molecule has 0 aliphatic rings. The monoisotopic (exact) mass is 377 g/mol. The second kappa shape index (κ2) is 8.30. The predicted octanol–water partition coefficient (Wildman–Crippen LogP) is 5.90. The standard InChI is InChI=1S/C23H27N3O2/c1-5-21(26-15-14-24-16-26)19-8-6-17(7-9-19)18-10-12-20(13-11-18)25-22(27)28-23(2,3)4/h6-16,21H,5H2,1-4H3,(H,25,27). The largest absolute Gasteiger partial charge is 0.444 e. The van der Waals surface area contributed by atoms with Gasteiger partial charge in [0.25, 0.3) is 0 Å². The molecule has 5 heteroatoms. The van der Waals surface area contributed by atoms with Crippen molar-refractivity contribution < 1.29 is 9.53 Å². The fourth-order valence-corrected chi connectivity index (χ4v) is 3.14. The Bertz CT molecular complexity index is 893. The van der Waals surface area contributed by atoms with Crippen LogP contribution >= 0.6 is 0 Å². The number of nitrogens with zero attached hydrogens (tertiary/aromatic N) is 2. The van der Waals surface area contributed by atoms with Gasteiger partial charge >= 0.3 is 6.09 Å². The number of nitrogens with one attached hydrogen (secondary N) is 1. The Morgan fingerprint density at radius 2 is 1.68 bits per heavy atom. The molecule has 3 aromatic rings. The molecule has 5 nitrogen and oxygen atoms in total. The van der Waals surface area contributed by atoms with Crippen LogP contribution in [0.25, 0.3) is 11.1 Å². The molecular weight excluding hydrogens is 350 g/mol. The van der Waals surface area contributed by atoms with Crippen LogP contribution in [0, 0.1) is 0 Å². The summed E-state index contributed by atoms with van der Waals surface area (Å²) < 4.78 is 7.41. The number of carbonyl (C=O) groups is 1. The summed E-state index contributed by atoms with van der Waals surface area (Å²) in [6, 6.07) is 16.6. The van der Waals surface area contributed by atoms with Gasteiger partial charge in [0.1, 0.15) is 5.60 Å². The lowest BCUT2D eigenvalue weighted by atomic mass is 9.99. The first kappa shape index (κ1) is 19.7. The Morgan fingerprint density at radius 1 is 1.07 bits per heavy atom. The van der Waals surface area contributed by atoms with Crippen molar-refractivity contribution in [2.45, 2.75) is 45.8 Å². The summed E-state index contributed by atoms with van der Waals surface area (Å²) in [7, 11) is 0. The van der Waals surface area contributed by atoms with Crippen molar-refractivity contribution in [3.05, 3.63) is 72.8 Å². The first-order chi connectivity index (χ1) is 13.4. The molecule has 146 valence electrons. The van der Waals surface area contributed by atoms with Gasteiger partial charge in [-0.25, -0.2) is 9.78 Å². The lowest BCUT2D eigenvalue weighted by Gasteiger charge is -2.19. The molecule has 0 saturated carbocycles. The van der Waals surface area contributed by atoms with E-state index in [9.17, 15) is 4.79 Å². The van der Waals surface area contributed by atoms with Crippen LogP contribution in [0.5, 0.6) is 0 Å². The lowest BCUT2D eigenvalue weighted by Crippen LogP contribution is -2.27. The van der Waals surface area contributed by atoms with E-state index in [1.54, 1.807) is 0 Å². The smallest absolute Gasteiger partial charge is 0.412 e. The van der Waals surface area contributed by atoms with Crippen LogP contribution in [0.15, 0.2) is 67.3 Å². The summed E-state index contributed by atoms with van der Waals surface area (Å²) in [4.78, 5) is 16.0. The number of hydrogen-bond acceptors (Lipinski definition) is 3. The van der Waals surface area contributed by atoms with Gasteiger partial charge in [0.15, 0.2) is 0 Å². The molecule has 1 heterocycles. The first-order valence-electron chi connectivity index (χ1n) is 9.53. The van der Waals surface area contributed by atoms with Crippen molar-refractivity contribution in [1.82, 2.24) is 9.55 Å². The molecule has 2 aromatic carbocycles. The number of imidazole rings is 1. The van der Waals surface area contributed by atoms with Crippen molar-refractivity contribution in [1.29, 1.82) is 0 Å². The molecule has 0 aliphatic heterocycles. The van der Waals surface area contributed by atoms with E-state index in [0.717, 1.165) is 17.5 Å². The zero-order valence-corrected chi connectivity index (χ0v) is 16.8. The molecule has 1 atom stereocenters. The Labute approximate surface area is 166 Å². The number of aromatic nitrogens is 2. The van der Waals surface area contributed by atoms with Crippen LogP contribution in [0.4, 0.5) is 10.5 Å². The van der Waals surface area contributed by atoms with E-state index in [1.165, 1.54) is 5.56 Å². The number of rotatable bonds is 5. The van der Waals surface area contributed by atoms with Gasteiger partial charge in [-0.3, -0.25) is 5.32 Å². The molecule has 0 radical (unpaired) electrons. The Balaban J connectivity index is 1.69. The highest BCUT2D eigenvalue weighted by Crippen LogP contribution is 2.26. The summed E-state index contributed by atoms with van der Waals surface area (Å²) in [6.45, 7) is 7.70. The van der Waals surface area contributed by atoms with Crippen molar-refractivity contribution in [2.75, 3.05) is 5.32 Å². The average molecular weight is 377 g/mol. The summed E-state index contributed by atoms with van der Waals surface area (Å²) in [5.74, 6) is 0. The van der Waals surface area contributed by atoms with Crippen LogP contribution in [0.2, 0.25) is 0 Å². The van der Waals surface area contributed by atoms with Crippen LogP contribution in [-0.2, 0) is 4.74 Å². The minimum atomic E-state index is -0.515. The van der Waals surface area contributed by atoms with Crippen molar-refractivity contribution in [3.8, 4) is 11.1 Å². The molecule has 28 heavy (non-hydrogen) atoms. The topological polar surface area (TPSA) is 56.1 Å². The van der Waals surface area contributed by atoms with Crippen LogP contribution < -0.4 is 5.32 Å². The molecule has 0 spiro atoms. The zero-order chi connectivity index (χ0) is 20.1. The third kappa shape index (κ3) is 5.00. The molecule has 3 rings (SSSR count). The maximum atomic E-state index is 11.9. The summed E-state index contributed by atoms with van der Waals surface area (Å²) >= 11 is 0. The predicted molar refractivity (Wildman–Crippen MR) is 112 cm³/mol. The van der Waals surface area contributed by atoms with Gasteiger partial charge in [0.05, 0.1) is 12.4 Å². The lowest BCUT2D eigenvalue weighted by molar-refractivity contribution is 0.0636. The SMILES string of the molecule is CCC(c1ccc(-c2ccc(NC(=O)OC(C)(C)C)cc2)cc1)n1ccnc1. The second-order valence-electron chi connectivity index (χ2n) is 7.76. The van der Waals surface area contributed by atoms with E-state index in [0.29, 0.717) is 5.69 Å². The van der Waals surface area contributed by atoms with Gasteiger partial charge in [-0.05, 0) is 56.0 Å². The fourth-order valence-electron chi connectivity index (χ4n) is 3.14. The van der Waals surface area contributed by atoms with E-state index in [-0.39, 0.29) is 6.04 Å². The van der Waals surface area contributed by atoms with Crippen LogP contribution in [0.3, 0.4) is 0 Å². The Hall–Kier alpha value is -3.08. The number of benzene rings is 2. The van der Waals surface area contributed by atoms with E-state index < -0.39 is 11.7 Å². The van der Waals surface area contributed by atoms with E-state index in [1.807, 2.05) is 63.8 Å². The maximum Gasteiger partial charge on any atom is 0.412 e. The Morgan fingerprint density at radius 3 is 2.18 bits per heavy atom. The molecule has 1 amide bonds. The number of carbonyl (C=O) groups excluding carboxylic acids is 1. The van der Waals surface area contributed by atoms with Crippen LogP contribution in [-0.4, -0.2) is 21.2 Å². The van der Waals surface area contributed by atoms with Gasteiger partial charge in [-0.2, -0.15) is 0 Å². The van der Waals surface area contributed by atoms with Crippen molar-refractivity contribution >= 4 is 11.8 Å². The van der Waals surface area contributed by atoms with Gasteiger partial charge in [0, 0.05) is 18.1 Å². The van der Waals surface area contributed by atoms with E-state index in [2.05, 4.69) is 46.1 Å². The normalized spacial score (nSPS) is 12.4. The van der Waals surface area contributed by atoms with E-state index >= 15 is 0 Å². The molecule has 1 unspecified atom stereocenters. The van der Waals surface area contributed by atoms with E-state index in [4.69, 9.17) is 4.74 Å². The van der Waals surface area contributed by atoms with Gasteiger partial charge in [0.2, 0.25) is 0 Å². The van der Waals surface area contributed by atoms with Crippen molar-refractivity contribution in [3.63, 3.8) is 0 Å². The van der Waals surface area contributed by atoms with Gasteiger partial charge < -0.3 is 9.30 Å². The fraction of sp³-hybridized carbons (Fsp3) is 0.304. The number of hydrogen-bond donors (Lipinski definition) is 1. The Kier molecular flexibility index (Phi) is 5.83. The minimum absolute atomic E-state index is 0.289. The average Bonchev–Trinajstić information content (AvgIpc) is 3.16. The first-order valence-corrected chi connectivity index (χ1v) is 9.53. The van der Waals surface area contributed by atoms with Crippen molar-refractivity contribution in [2.24, 2.45) is 0 Å². The molecule has 0 fully saturated rings. The highest BCUT2D eigenvalue weighted by molar-refractivity contribution is 5.85. The molecule has 0 bridgehead atoms. The molecule has 0 saturated heterocycles. The highest BCUT2D eigenvalue weighted by Gasteiger charge is 2.16. The van der Waals surface area contributed by atoms with Crippen LogP contribution in [0.1, 0.15) is 45.7 Å². The summed E-state index contributed by atoms with van der Waals surface area (Å²) in [6.07, 6.45) is 6.22. The maximum absolute atomic E-state index is 11.9. The molecule has 1 N–H and O–H groups in total. The number of ether oxygens (including phenoxy) is 1. The number of anilines is 1. The third-order valence-corrected chi connectivity index (χ3v) is 4.43. The zero-order valence-electron chi connectivity index (χ0n) is 16.8. The second-order valence-corrected chi connectivity index (χ2v) is 7.76. The summed E-state index contributed by atoms with van der Waals surface area (Å²) in [5, 5.41) is 2.75. The highest BCUT2D eigenvalue weighted by atomic mass is 16.6. The summed E-state index contributed by atoms with van der Waals surface area (Å²) in [5.41, 5.74) is 3.68. The number of amides is 1. The quantitative estimate of drug-likeness (QED) is 0.602. The molecule has 1 aromatic heterocycles. The molecular formula is C23H27N3O2. The molecule has 0 aliphatic carbocycles. The van der Waals surface area contributed by atoms with Gasteiger partial charge in [-0.1, -0.05) is 43.3 Å². The third-order valence-electron chi connectivity index (χ3n) is 4.43. The minimum Gasteiger partial charge on any atom is -0.444 e. The van der Waals surface area contributed by atoms with Gasteiger partial charge in [-0.15, -0.1) is 0 Å².